The summed E-state index contributed by atoms with van der Waals surface area (Å²) in [5.41, 5.74) is 1.13. The standard InChI is InChI=1S/C14H26N4/c1-12-11-18(13-7-5-4-6-8-13)14(16-12)17(3)10-9-15-2/h11,13,15H,4-10H2,1-3H3. The third kappa shape index (κ3) is 3.05. The third-order valence-corrected chi connectivity index (χ3v) is 3.84. The van der Waals surface area contributed by atoms with Crippen molar-refractivity contribution in [3.05, 3.63) is 11.9 Å². The predicted octanol–water partition coefficient (Wildman–Crippen LogP) is 2.35. The monoisotopic (exact) mass is 250 g/mol. The van der Waals surface area contributed by atoms with Gasteiger partial charge in [-0.25, -0.2) is 4.98 Å². The zero-order valence-electron chi connectivity index (χ0n) is 11.9. The van der Waals surface area contributed by atoms with Gasteiger partial charge in [-0.1, -0.05) is 19.3 Å². The molecular weight excluding hydrogens is 224 g/mol. The second-order valence-corrected chi connectivity index (χ2v) is 5.41. The van der Waals surface area contributed by atoms with Crippen LogP contribution in [0.5, 0.6) is 0 Å². The predicted molar refractivity (Wildman–Crippen MR) is 76.3 cm³/mol. The maximum absolute atomic E-state index is 4.70. The van der Waals surface area contributed by atoms with Crippen molar-refractivity contribution in [2.75, 3.05) is 32.1 Å². The average Bonchev–Trinajstić information content (AvgIpc) is 2.79. The molecule has 2 rings (SSSR count). The molecule has 4 nitrogen and oxygen atoms in total. The molecule has 0 amide bonds. The molecule has 1 heterocycles. The topological polar surface area (TPSA) is 33.1 Å². The van der Waals surface area contributed by atoms with Crippen molar-refractivity contribution in [3.63, 3.8) is 0 Å². The molecule has 1 aromatic rings. The molecule has 0 bridgehead atoms. The minimum Gasteiger partial charge on any atom is -0.344 e. The summed E-state index contributed by atoms with van der Waals surface area (Å²) in [5, 5.41) is 3.20. The van der Waals surface area contributed by atoms with E-state index in [4.69, 9.17) is 4.98 Å². The van der Waals surface area contributed by atoms with Crippen LogP contribution < -0.4 is 10.2 Å². The van der Waals surface area contributed by atoms with E-state index in [0.717, 1.165) is 24.7 Å². The van der Waals surface area contributed by atoms with Crippen LogP contribution in [0.4, 0.5) is 5.95 Å². The van der Waals surface area contributed by atoms with Crippen LogP contribution in [0.3, 0.4) is 0 Å². The molecule has 1 saturated carbocycles. The van der Waals surface area contributed by atoms with Crippen molar-refractivity contribution in [1.82, 2.24) is 14.9 Å². The number of imidazole rings is 1. The van der Waals surface area contributed by atoms with Crippen LogP contribution in [-0.4, -0.2) is 36.7 Å². The Labute approximate surface area is 110 Å². The van der Waals surface area contributed by atoms with E-state index in [1.807, 2.05) is 7.05 Å². The third-order valence-electron chi connectivity index (χ3n) is 3.84. The van der Waals surface area contributed by atoms with Crippen LogP contribution in [-0.2, 0) is 0 Å². The molecule has 0 radical (unpaired) electrons. The fraction of sp³-hybridized carbons (Fsp3) is 0.786. The minimum absolute atomic E-state index is 0.659. The Morgan fingerprint density at radius 2 is 2.11 bits per heavy atom. The van der Waals surface area contributed by atoms with E-state index in [1.165, 1.54) is 32.1 Å². The van der Waals surface area contributed by atoms with Gasteiger partial charge in [0.1, 0.15) is 0 Å². The second-order valence-electron chi connectivity index (χ2n) is 5.41. The molecule has 18 heavy (non-hydrogen) atoms. The van der Waals surface area contributed by atoms with Crippen molar-refractivity contribution >= 4 is 5.95 Å². The summed E-state index contributed by atoms with van der Waals surface area (Å²) < 4.78 is 2.41. The van der Waals surface area contributed by atoms with E-state index in [2.05, 4.69) is 35.0 Å². The van der Waals surface area contributed by atoms with E-state index in [-0.39, 0.29) is 0 Å². The molecule has 1 fully saturated rings. The lowest BCUT2D eigenvalue weighted by Gasteiger charge is -2.27. The Morgan fingerprint density at radius 1 is 1.39 bits per heavy atom. The smallest absolute Gasteiger partial charge is 0.205 e. The van der Waals surface area contributed by atoms with E-state index in [0.29, 0.717) is 6.04 Å². The number of hydrogen-bond acceptors (Lipinski definition) is 3. The fourth-order valence-electron chi connectivity index (χ4n) is 2.79. The average molecular weight is 250 g/mol. The number of nitrogens with one attached hydrogen (secondary N) is 1. The van der Waals surface area contributed by atoms with Crippen LogP contribution in [0.25, 0.3) is 0 Å². The molecule has 0 unspecified atom stereocenters. The highest BCUT2D eigenvalue weighted by Crippen LogP contribution is 2.31. The summed E-state index contributed by atoms with van der Waals surface area (Å²) >= 11 is 0. The zero-order chi connectivity index (χ0) is 13.0. The summed E-state index contributed by atoms with van der Waals surface area (Å²) in [6.45, 7) is 4.08. The Kier molecular flexibility index (Phi) is 4.64. The fourth-order valence-corrected chi connectivity index (χ4v) is 2.79. The van der Waals surface area contributed by atoms with Gasteiger partial charge in [-0.05, 0) is 26.8 Å². The Balaban J connectivity index is 2.13. The van der Waals surface area contributed by atoms with Gasteiger partial charge in [0.2, 0.25) is 5.95 Å². The normalized spacial score (nSPS) is 17.1. The summed E-state index contributed by atoms with van der Waals surface area (Å²) in [7, 11) is 4.13. The summed E-state index contributed by atoms with van der Waals surface area (Å²) in [4.78, 5) is 6.96. The number of anilines is 1. The van der Waals surface area contributed by atoms with Gasteiger partial charge < -0.3 is 14.8 Å². The molecule has 102 valence electrons. The molecule has 0 atom stereocenters. The number of nitrogens with zero attached hydrogens (tertiary/aromatic N) is 3. The van der Waals surface area contributed by atoms with Crippen LogP contribution in [0, 0.1) is 6.92 Å². The quantitative estimate of drug-likeness (QED) is 0.871. The first kappa shape index (κ1) is 13.4. The van der Waals surface area contributed by atoms with Gasteiger partial charge in [0, 0.05) is 32.4 Å². The van der Waals surface area contributed by atoms with Crippen molar-refractivity contribution in [1.29, 1.82) is 0 Å². The van der Waals surface area contributed by atoms with Gasteiger partial charge in [0.05, 0.1) is 5.69 Å². The molecular formula is C14H26N4. The number of aromatic nitrogens is 2. The van der Waals surface area contributed by atoms with Crippen LogP contribution in [0.2, 0.25) is 0 Å². The van der Waals surface area contributed by atoms with Crippen LogP contribution in [0.15, 0.2) is 6.20 Å². The van der Waals surface area contributed by atoms with Gasteiger partial charge in [-0.15, -0.1) is 0 Å². The molecule has 0 aromatic carbocycles. The lowest BCUT2D eigenvalue weighted by Crippen LogP contribution is -2.30. The van der Waals surface area contributed by atoms with Gasteiger partial charge in [0.15, 0.2) is 0 Å². The van der Waals surface area contributed by atoms with Gasteiger partial charge >= 0.3 is 0 Å². The number of likely N-dealkylation sites (N-methyl/N-ethyl adjacent to an activating group) is 2. The van der Waals surface area contributed by atoms with Crippen molar-refractivity contribution in [2.45, 2.75) is 45.1 Å². The summed E-state index contributed by atoms with van der Waals surface area (Å²) in [5.74, 6) is 1.13. The lowest BCUT2D eigenvalue weighted by molar-refractivity contribution is 0.353. The SMILES string of the molecule is CNCCN(C)c1nc(C)cn1C1CCCCC1. The van der Waals surface area contributed by atoms with Gasteiger partial charge in [-0.3, -0.25) is 0 Å². The largest absolute Gasteiger partial charge is 0.344 e. The second kappa shape index (κ2) is 6.23. The highest BCUT2D eigenvalue weighted by Gasteiger charge is 2.20. The minimum atomic E-state index is 0.659. The number of hydrogen-bond donors (Lipinski definition) is 1. The molecule has 4 heteroatoms. The van der Waals surface area contributed by atoms with Crippen molar-refractivity contribution < 1.29 is 0 Å². The van der Waals surface area contributed by atoms with Crippen molar-refractivity contribution in [2.24, 2.45) is 0 Å². The van der Waals surface area contributed by atoms with Crippen molar-refractivity contribution in [3.8, 4) is 0 Å². The van der Waals surface area contributed by atoms with Gasteiger partial charge in [-0.2, -0.15) is 0 Å². The highest BCUT2D eigenvalue weighted by molar-refractivity contribution is 5.33. The molecule has 1 aliphatic carbocycles. The number of aryl methyl sites for hydroxylation is 1. The van der Waals surface area contributed by atoms with Crippen LogP contribution in [0.1, 0.15) is 43.8 Å². The zero-order valence-corrected chi connectivity index (χ0v) is 11.9. The first-order valence-electron chi connectivity index (χ1n) is 7.13. The molecule has 0 spiro atoms. The molecule has 1 aliphatic rings. The Hall–Kier alpha value is -1.03. The summed E-state index contributed by atoms with van der Waals surface area (Å²) in [6, 6.07) is 0.659. The number of rotatable bonds is 5. The van der Waals surface area contributed by atoms with Gasteiger partial charge in [0.25, 0.3) is 0 Å². The Bertz CT molecular complexity index is 366. The molecule has 0 saturated heterocycles. The van der Waals surface area contributed by atoms with E-state index in [9.17, 15) is 0 Å². The lowest BCUT2D eigenvalue weighted by atomic mass is 9.95. The van der Waals surface area contributed by atoms with E-state index >= 15 is 0 Å². The maximum atomic E-state index is 4.70. The summed E-state index contributed by atoms with van der Waals surface area (Å²) in [6.07, 6.45) is 8.96. The maximum Gasteiger partial charge on any atom is 0.205 e. The first-order valence-corrected chi connectivity index (χ1v) is 7.13. The Morgan fingerprint density at radius 3 is 2.78 bits per heavy atom. The highest BCUT2D eigenvalue weighted by atomic mass is 15.3. The van der Waals surface area contributed by atoms with E-state index < -0.39 is 0 Å². The van der Waals surface area contributed by atoms with Crippen LogP contribution >= 0.6 is 0 Å². The van der Waals surface area contributed by atoms with E-state index in [1.54, 1.807) is 0 Å². The molecule has 1 N–H and O–H groups in total. The molecule has 1 aromatic heterocycles. The molecule has 0 aliphatic heterocycles. The first-order chi connectivity index (χ1) is 8.72.